The first kappa shape index (κ1) is 20.2. The van der Waals surface area contributed by atoms with E-state index in [1.807, 2.05) is 49.7 Å². The summed E-state index contributed by atoms with van der Waals surface area (Å²) in [4.78, 5) is 34.9. The van der Waals surface area contributed by atoms with Crippen LogP contribution >= 0.6 is 0 Å². The van der Waals surface area contributed by atoms with Crippen LogP contribution in [0.1, 0.15) is 31.2 Å². The van der Waals surface area contributed by atoms with Gasteiger partial charge in [0.15, 0.2) is 17.4 Å². The standard InChI is InChI=1S/C22H26N8O2/c1-6-15-17-19(29(4)22(7-8-22)20(31)28(17)3)27-21(26-15)25-14-9-16(32-5)18(23-10-14)30-11-13(2)24-12-30/h9-12H,6-8H2,1-5H3,(H,25,26,27). The average molecular weight is 435 g/mol. The molecule has 1 spiro atoms. The Kier molecular flexibility index (Phi) is 4.54. The Morgan fingerprint density at radius 1 is 1.19 bits per heavy atom. The van der Waals surface area contributed by atoms with Crippen molar-refractivity contribution >= 4 is 29.0 Å². The molecule has 0 bridgehead atoms. The number of likely N-dealkylation sites (N-methyl/N-ethyl adjacent to an activating group) is 2. The van der Waals surface area contributed by atoms with Crippen LogP contribution in [0, 0.1) is 6.92 Å². The molecule has 3 aromatic rings. The Morgan fingerprint density at radius 3 is 2.59 bits per heavy atom. The van der Waals surface area contributed by atoms with Crippen LogP contribution in [-0.2, 0) is 11.2 Å². The fourth-order valence-corrected chi connectivity index (χ4v) is 4.31. The third-order valence-electron chi connectivity index (χ3n) is 6.26. The van der Waals surface area contributed by atoms with Crippen LogP contribution in [0.25, 0.3) is 5.82 Å². The number of hydrogen-bond acceptors (Lipinski definition) is 8. The number of anilines is 4. The van der Waals surface area contributed by atoms with E-state index in [1.54, 1.807) is 24.5 Å². The third-order valence-corrected chi connectivity index (χ3v) is 6.26. The van der Waals surface area contributed by atoms with E-state index in [9.17, 15) is 4.79 Å². The zero-order valence-corrected chi connectivity index (χ0v) is 18.9. The van der Waals surface area contributed by atoms with Crippen molar-refractivity contribution in [3.63, 3.8) is 0 Å². The van der Waals surface area contributed by atoms with Gasteiger partial charge in [-0.1, -0.05) is 6.92 Å². The van der Waals surface area contributed by atoms with E-state index in [2.05, 4.69) is 15.3 Å². The van der Waals surface area contributed by atoms with Crippen LogP contribution in [0.15, 0.2) is 24.8 Å². The van der Waals surface area contributed by atoms with Gasteiger partial charge < -0.3 is 19.9 Å². The zero-order valence-electron chi connectivity index (χ0n) is 18.9. The van der Waals surface area contributed by atoms with Gasteiger partial charge >= 0.3 is 0 Å². The van der Waals surface area contributed by atoms with E-state index >= 15 is 0 Å². The maximum absolute atomic E-state index is 12.9. The molecule has 1 N–H and O–H groups in total. The highest BCUT2D eigenvalue weighted by molar-refractivity contribution is 6.09. The van der Waals surface area contributed by atoms with Gasteiger partial charge in [0.2, 0.25) is 5.95 Å². The predicted molar refractivity (Wildman–Crippen MR) is 121 cm³/mol. The molecule has 10 nitrogen and oxygen atoms in total. The van der Waals surface area contributed by atoms with Crippen molar-refractivity contribution in [1.29, 1.82) is 0 Å². The molecule has 0 atom stereocenters. The molecule has 0 radical (unpaired) electrons. The summed E-state index contributed by atoms with van der Waals surface area (Å²) in [5.74, 6) is 2.59. The van der Waals surface area contributed by atoms with Gasteiger partial charge in [-0.05, 0) is 26.2 Å². The second-order valence-corrected chi connectivity index (χ2v) is 8.27. The van der Waals surface area contributed by atoms with Gasteiger partial charge in [0.1, 0.15) is 17.6 Å². The number of pyridine rings is 1. The smallest absolute Gasteiger partial charge is 0.252 e. The number of methoxy groups -OCH3 is 1. The van der Waals surface area contributed by atoms with Gasteiger partial charge in [-0.15, -0.1) is 0 Å². The largest absolute Gasteiger partial charge is 0.493 e. The average Bonchev–Trinajstić information content (AvgIpc) is 3.50. The Bertz CT molecular complexity index is 1220. The molecule has 0 aromatic carbocycles. The summed E-state index contributed by atoms with van der Waals surface area (Å²) in [7, 11) is 5.37. The van der Waals surface area contributed by atoms with Crippen molar-refractivity contribution in [3.8, 4) is 11.6 Å². The number of rotatable bonds is 5. The fraction of sp³-hybridized carbons (Fsp3) is 0.409. The van der Waals surface area contributed by atoms with Gasteiger partial charge in [-0.3, -0.25) is 9.36 Å². The van der Waals surface area contributed by atoms with Crippen molar-refractivity contribution in [2.45, 2.75) is 38.6 Å². The van der Waals surface area contributed by atoms with Gasteiger partial charge in [-0.25, -0.2) is 15.0 Å². The first-order valence-electron chi connectivity index (χ1n) is 10.6. The van der Waals surface area contributed by atoms with E-state index in [0.29, 0.717) is 29.6 Å². The van der Waals surface area contributed by atoms with E-state index in [-0.39, 0.29) is 5.91 Å². The van der Waals surface area contributed by atoms with Crippen LogP contribution in [-0.4, -0.2) is 57.2 Å². The summed E-state index contributed by atoms with van der Waals surface area (Å²) in [6.45, 7) is 3.95. The molecule has 1 fully saturated rings. The quantitative estimate of drug-likeness (QED) is 0.654. The van der Waals surface area contributed by atoms with Crippen LogP contribution < -0.4 is 19.9 Å². The van der Waals surface area contributed by atoms with Crippen molar-refractivity contribution in [2.75, 3.05) is 36.3 Å². The van der Waals surface area contributed by atoms with Gasteiger partial charge in [0.25, 0.3) is 5.91 Å². The lowest BCUT2D eigenvalue weighted by molar-refractivity contribution is -0.120. The topological polar surface area (TPSA) is 101 Å². The molecule has 166 valence electrons. The lowest BCUT2D eigenvalue weighted by Gasteiger charge is -2.39. The minimum absolute atomic E-state index is 0.116. The molecule has 32 heavy (non-hydrogen) atoms. The molecular formula is C22H26N8O2. The lowest BCUT2D eigenvalue weighted by Crippen LogP contribution is -2.53. The summed E-state index contributed by atoms with van der Waals surface area (Å²) < 4.78 is 7.38. The number of amides is 1. The summed E-state index contributed by atoms with van der Waals surface area (Å²) in [5, 5.41) is 3.26. The van der Waals surface area contributed by atoms with E-state index in [1.165, 1.54) is 0 Å². The summed E-state index contributed by atoms with van der Waals surface area (Å²) in [6, 6.07) is 1.86. The van der Waals surface area contributed by atoms with Crippen molar-refractivity contribution in [3.05, 3.63) is 36.2 Å². The molecule has 1 amide bonds. The number of carbonyl (C=O) groups excluding carboxylic acids is 1. The fourth-order valence-electron chi connectivity index (χ4n) is 4.31. The highest BCUT2D eigenvalue weighted by Gasteiger charge is 2.58. The van der Waals surface area contributed by atoms with Gasteiger partial charge in [0, 0.05) is 26.4 Å². The maximum atomic E-state index is 12.9. The number of aryl methyl sites for hydroxylation is 2. The second-order valence-electron chi connectivity index (χ2n) is 8.27. The van der Waals surface area contributed by atoms with Gasteiger partial charge in [-0.2, -0.15) is 4.98 Å². The first-order valence-corrected chi connectivity index (χ1v) is 10.6. The first-order chi connectivity index (χ1) is 15.4. The van der Waals surface area contributed by atoms with Crippen LogP contribution in [0.5, 0.6) is 5.75 Å². The number of carbonyl (C=O) groups is 1. The third kappa shape index (κ3) is 2.97. The van der Waals surface area contributed by atoms with Crippen molar-refractivity contribution < 1.29 is 9.53 Å². The minimum atomic E-state index is -0.465. The molecule has 3 aromatic heterocycles. The second kappa shape index (κ2) is 7.18. The summed E-state index contributed by atoms with van der Waals surface area (Å²) in [5.41, 5.74) is 2.74. The molecule has 1 aliphatic heterocycles. The molecule has 0 saturated heterocycles. The Balaban J connectivity index is 1.52. The van der Waals surface area contributed by atoms with Gasteiger partial charge in [0.05, 0.1) is 30.4 Å². The normalized spacial score (nSPS) is 16.3. The predicted octanol–water partition coefficient (Wildman–Crippen LogP) is 2.63. The number of hydrogen-bond donors (Lipinski definition) is 1. The number of nitrogens with one attached hydrogen (secondary N) is 1. The van der Waals surface area contributed by atoms with E-state index < -0.39 is 5.54 Å². The van der Waals surface area contributed by atoms with E-state index in [0.717, 1.165) is 35.7 Å². The van der Waals surface area contributed by atoms with Crippen molar-refractivity contribution in [2.24, 2.45) is 0 Å². The molecule has 1 saturated carbocycles. The highest BCUT2D eigenvalue weighted by atomic mass is 16.5. The number of nitrogens with zero attached hydrogens (tertiary/aromatic N) is 7. The maximum Gasteiger partial charge on any atom is 0.252 e. The van der Waals surface area contributed by atoms with Crippen LogP contribution in [0.2, 0.25) is 0 Å². The SMILES string of the molecule is CCc1nc(Nc2cnc(-n3cnc(C)c3)c(OC)c2)nc2c1N(C)C(=O)C1(CC1)N2C. The lowest BCUT2D eigenvalue weighted by atomic mass is 10.1. The number of aromatic nitrogens is 5. The number of imidazole rings is 1. The van der Waals surface area contributed by atoms with Crippen LogP contribution in [0.4, 0.5) is 23.1 Å². The Morgan fingerprint density at radius 2 is 1.97 bits per heavy atom. The summed E-state index contributed by atoms with van der Waals surface area (Å²) in [6.07, 6.45) is 7.67. The minimum Gasteiger partial charge on any atom is -0.493 e. The number of ether oxygens (including phenoxy) is 1. The van der Waals surface area contributed by atoms with E-state index in [4.69, 9.17) is 14.7 Å². The zero-order chi connectivity index (χ0) is 22.6. The van der Waals surface area contributed by atoms with Crippen molar-refractivity contribution in [1.82, 2.24) is 24.5 Å². The number of fused-ring (bicyclic) bond motifs is 1. The monoisotopic (exact) mass is 434 g/mol. The summed E-state index contributed by atoms with van der Waals surface area (Å²) >= 11 is 0. The molecular weight excluding hydrogens is 408 g/mol. The molecule has 0 unspecified atom stereocenters. The highest BCUT2D eigenvalue weighted by Crippen LogP contribution is 2.51. The Hall–Kier alpha value is -3.69. The van der Waals surface area contributed by atoms with Crippen LogP contribution in [0.3, 0.4) is 0 Å². The molecule has 10 heteroatoms. The molecule has 4 heterocycles. The molecule has 1 aliphatic carbocycles. The molecule has 5 rings (SSSR count). The molecule has 2 aliphatic rings. The Labute approximate surface area is 186 Å².